The molecule has 1 aromatic carbocycles. The number of methoxy groups -OCH3 is 1. The lowest BCUT2D eigenvalue weighted by atomic mass is 10.1. The van der Waals surface area contributed by atoms with E-state index in [-0.39, 0.29) is 30.8 Å². The lowest BCUT2D eigenvalue weighted by Gasteiger charge is -2.06. The largest absolute Gasteiger partial charge is 0.465 e. The first-order valence-corrected chi connectivity index (χ1v) is 9.35. The van der Waals surface area contributed by atoms with Crippen LogP contribution in [0, 0.1) is 5.82 Å². The number of thiophene rings is 1. The van der Waals surface area contributed by atoms with E-state index in [1.807, 2.05) is 0 Å². The van der Waals surface area contributed by atoms with Crippen LogP contribution in [-0.2, 0) is 17.8 Å². The van der Waals surface area contributed by atoms with Gasteiger partial charge in [0.1, 0.15) is 12.1 Å². The van der Waals surface area contributed by atoms with Gasteiger partial charge in [-0.05, 0) is 35.9 Å². The van der Waals surface area contributed by atoms with Crippen molar-refractivity contribution in [3.8, 4) is 10.4 Å². The van der Waals surface area contributed by atoms with Crippen molar-refractivity contribution in [1.82, 2.24) is 14.3 Å². The van der Waals surface area contributed by atoms with Gasteiger partial charge in [-0.2, -0.15) is 5.10 Å². The Labute approximate surface area is 168 Å². The third kappa shape index (κ3) is 4.49. The zero-order chi connectivity index (χ0) is 21.0. The molecule has 0 amide bonds. The number of carbonyl (C=O) groups excluding carboxylic acids is 1. The van der Waals surface area contributed by atoms with Crippen molar-refractivity contribution < 1.29 is 18.3 Å². The molecule has 0 spiro atoms. The molecule has 0 unspecified atom stereocenters. The topological polar surface area (TPSA) is 92.1 Å². The minimum atomic E-state index is -0.636. The van der Waals surface area contributed by atoms with Crippen LogP contribution in [0.4, 0.5) is 8.78 Å². The fourth-order valence-electron chi connectivity index (χ4n) is 2.71. The van der Waals surface area contributed by atoms with Gasteiger partial charge >= 0.3 is 11.7 Å². The maximum atomic E-state index is 13.6. The lowest BCUT2D eigenvalue weighted by Crippen LogP contribution is -2.26. The number of hydrogen-bond acceptors (Lipinski definition) is 6. The van der Waals surface area contributed by atoms with Crippen LogP contribution in [-0.4, -0.2) is 34.0 Å². The molecule has 2 heterocycles. The van der Waals surface area contributed by atoms with E-state index < -0.39 is 17.5 Å². The Bertz CT molecular complexity index is 1120. The van der Waals surface area contributed by atoms with Gasteiger partial charge in [-0.25, -0.2) is 23.1 Å². The molecule has 2 aromatic heterocycles. The molecule has 0 aliphatic heterocycles. The second-order valence-electron chi connectivity index (χ2n) is 6.12. The molecule has 0 radical (unpaired) electrons. The average Bonchev–Trinajstić information content (AvgIpc) is 3.33. The summed E-state index contributed by atoms with van der Waals surface area (Å²) in [5, 5.41) is 3.98. The number of hydrogen-bond donors (Lipinski definition) is 1. The molecule has 2 N–H and O–H groups in total. The standard InChI is InChI=1S/C19H18F2N4O3S/c1-28-18(26)16-6-13(21)2-4-15(16)17-5-3-14(29-17)10-24-11-23-25(19(24)27)9-12(7-20)8-22/h2-7,11H,8-10,22H2,1H3/b12-7+. The zero-order valence-electron chi connectivity index (χ0n) is 15.5. The summed E-state index contributed by atoms with van der Waals surface area (Å²) in [6.45, 7) is 0.215. The number of aromatic nitrogens is 3. The number of rotatable bonds is 7. The molecule has 0 atom stereocenters. The molecule has 0 bridgehead atoms. The van der Waals surface area contributed by atoms with E-state index in [1.54, 1.807) is 12.1 Å². The van der Waals surface area contributed by atoms with Gasteiger partial charge in [-0.3, -0.25) is 4.57 Å². The third-order valence-corrected chi connectivity index (χ3v) is 5.31. The third-order valence-electron chi connectivity index (χ3n) is 4.21. The van der Waals surface area contributed by atoms with Crippen molar-refractivity contribution >= 4 is 17.3 Å². The maximum absolute atomic E-state index is 13.6. The minimum absolute atomic E-state index is 0.00964. The summed E-state index contributed by atoms with van der Waals surface area (Å²) in [6, 6.07) is 7.50. The number of carbonyl (C=O) groups is 1. The number of benzene rings is 1. The molecule has 10 heteroatoms. The van der Waals surface area contributed by atoms with Gasteiger partial charge in [0.05, 0.1) is 32.1 Å². The van der Waals surface area contributed by atoms with Crippen LogP contribution in [0.2, 0.25) is 0 Å². The monoisotopic (exact) mass is 420 g/mol. The minimum Gasteiger partial charge on any atom is -0.465 e. The highest BCUT2D eigenvalue weighted by Gasteiger charge is 2.16. The Kier molecular flexibility index (Phi) is 6.35. The Balaban J connectivity index is 1.85. The van der Waals surface area contributed by atoms with Crippen LogP contribution in [0.15, 0.2) is 53.4 Å². The van der Waals surface area contributed by atoms with Crippen LogP contribution in [0.1, 0.15) is 15.2 Å². The van der Waals surface area contributed by atoms with Crippen molar-refractivity contribution in [2.24, 2.45) is 5.73 Å². The summed E-state index contributed by atoms with van der Waals surface area (Å²) in [4.78, 5) is 25.9. The van der Waals surface area contributed by atoms with Crippen molar-refractivity contribution in [3.63, 3.8) is 0 Å². The van der Waals surface area contributed by atoms with Crippen LogP contribution >= 0.6 is 11.3 Å². The van der Waals surface area contributed by atoms with E-state index in [9.17, 15) is 18.4 Å². The van der Waals surface area contributed by atoms with Gasteiger partial charge in [-0.1, -0.05) is 0 Å². The highest BCUT2D eigenvalue weighted by atomic mass is 32.1. The number of nitrogens with zero attached hydrogens (tertiary/aromatic N) is 3. The van der Waals surface area contributed by atoms with Gasteiger partial charge in [-0.15, -0.1) is 11.3 Å². The molecule has 0 saturated heterocycles. The number of ether oxygens (including phenoxy) is 1. The SMILES string of the molecule is COC(=O)c1cc(F)ccc1-c1ccc(Cn2cnn(C/C(=C/F)CN)c2=O)s1. The predicted octanol–water partition coefficient (Wildman–Crippen LogP) is 2.56. The summed E-state index contributed by atoms with van der Waals surface area (Å²) in [5.74, 6) is -1.17. The molecule has 29 heavy (non-hydrogen) atoms. The number of halogens is 2. The normalized spacial score (nSPS) is 11.7. The van der Waals surface area contributed by atoms with Crippen LogP contribution < -0.4 is 11.4 Å². The Morgan fingerprint density at radius 2 is 2.14 bits per heavy atom. The maximum Gasteiger partial charge on any atom is 0.346 e. The first-order valence-electron chi connectivity index (χ1n) is 8.54. The number of nitrogens with two attached hydrogens (primary N) is 1. The number of esters is 1. The van der Waals surface area contributed by atoms with Gasteiger partial charge in [0.2, 0.25) is 0 Å². The molecule has 3 aromatic rings. The van der Waals surface area contributed by atoms with E-state index in [4.69, 9.17) is 10.5 Å². The van der Waals surface area contributed by atoms with Gasteiger partial charge in [0.25, 0.3) is 0 Å². The van der Waals surface area contributed by atoms with Crippen LogP contribution in [0.5, 0.6) is 0 Å². The van der Waals surface area contributed by atoms with E-state index in [0.717, 1.165) is 20.5 Å². The molecule has 0 aliphatic carbocycles. The molecular formula is C19H18F2N4O3S. The van der Waals surface area contributed by atoms with Gasteiger partial charge in [0.15, 0.2) is 0 Å². The predicted molar refractivity (Wildman–Crippen MR) is 105 cm³/mol. The fraction of sp³-hybridized carbons (Fsp3) is 0.211. The molecule has 0 fully saturated rings. The van der Waals surface area contributed by atoms with E-state index in [0.29, 0.717) is 11.9 Å². The quantitative estimate of drug-likeness (QED) is 0.593. The Morgan fingerprint density at radius 1 is 1.34 bits per heavy atom. The second-order valence-corrected chi connectivity index (χ2v) is 7.29. The second kappa shape index (κ2) is 8.93. The Hall–Kier alpha value is -3.11. The highest BCUT2D eigenvalue weighted by Crippen LogP contribution is 2.32. The molecule has 7 nitrogen and oxygen atoms in total. The van der Waals surface area contributed by atoms with Crippen molar-refractivity contribution in [3.05, 3.63) is 75.3 Å². The molecule has 0 aliphatic rings. The summed E-state index contributed by atoms with van der Waals surface area (Å²) in [5.41, 5.74) is 5.93. The molecule has 3 rings (SSSR count). The summed E-state index contributed by atoms with van der Waals surface area (Å²) >= 11 is 1.35. The van der Waals surface area contributed by atoms with Crippen LogP contribution in [0.3, 0.4) is 0 Å². The van der Waals surface area contributed by atoms with Crippen molar-refractivity contribution in [1.29, 1.82) is 0 Å². The first kappa shape index (κ1) is 20.6. The first-order chi connectivity index (χ1) is 14.0. The molecule has 152 valence electrons. The van der Waals surface area contributed by atoms with Gasteiger partial charge in [0, 0.05) is 21.9 Å². The molecule has 0 saturated carbocycles. The zero-order valence-corrected chi connectivity index (χ0v) is 16.3. The smallest absolute Gasteiger partial charge is 0.346 e. The van der Waals surface area contributed by atoms with Crippen LogP contribution in [0.25, 0.3) is 10.4 Å². The van der Waals surface area contributed by atoms with E-state index >= 15 is 0 Å². The Morgan fingerprint density at radius 3 is 2.83 bits per heavy atom. The average molecular weight is 420 g/mol. The van der Waals surface area contributed by atoms with E-state index in [1.165, 1.54) is 41.5 Å². The van der Waals surface area contributed by atoms with Crippen molar-refractivity contribution in [2.75, 3.05) is 13.7 Å². The summed E-state index contributed by atoms with van der Waals surface area (Å²) in [7, 11) is 1.23. The summed E-state index contributed by atoms with van der Waals surface area (Å²) in [6.07, 6.45) is 1.74. The van der Waals surface area contributed by atoms with Crippen molar-refractivity contribution in [2.45, 2.75) is 13.1 Å². The van der Waals surface area contributed by atoms with E-state index in [2.05, 4.69) is 5.10 Å². The molecular weight excluding hydrogens is 402 g/mol. The lowest BCUT2D eigenvalue weighted by molar-refractivity contribution is 0.0601. The highest BCUT2D eigenvalue weighted by molar-refractivity contribution is 7.15. The summed E-state index contributed by atoms with van der Waals surface area (Å²) < 4.78 is 33.5. The fourth-order valence-corrected chi connectivity index (χ4v) is 3.76. The van der Waals surface area contributed by atoms with Gasteiger partial charge < -0.3 is 10.5 Å².